The summed E-state index contributed by atoms with van der Waals surface area (Å²) in [4.78, 5) is 23.5. The lowest BCUT2D eigenvalue weighted by Crippen LogP contribution is -2.51. The first kappa shape index (κ1) is 11.1. The molecule has 0 fully saturated rings. The van der Waals surface area contributed by atoms with Crippen molar-refractivity contribution in [2.75, 3.05) is 23.4 Å². The van der Waals surface area contributed by atoms with Crippen LogP contribution < -0.4 is 9.80 Å². The number of aromatic nitrogens is 2. The van der Waals surface area contributed by atoms with Crippen LogP contribution in [0.15, 0.2) is 6.20 Å². The fourth-order valence-corrected chi connectivity index (χ4v) is 2.06. The molecule has 1 amide bonds. The standard InChI is InChI=1S/C10H13ClN4O/c1-4-15-6(2)9(16)14(3)7-5-12-10(11)13-8(7)15/h5-6H,4H2,1-3H3/t6-/m1/s1. The molecule has 0 aromatic carbocycles. The van der Waals surface area contributed by atoms with E-state index >= 15 is 0 Å². The van der Waals surface area contributed by atoms with E-state index in [0.29, 0.717) is 12.2 Å². The van der Waals surface area contributed by atoms with E-state index in [2.05, 4.69) is 9.97 Å². The summed E-state index contributed by atoms with van der Waals surface area (Å²) < 4.78 is 0. The van der Waals surface area contributed by atoms with Gasteiger partial charge in [0.1, 0.15) is 11.7 Å². The number of rotatable bonds is 1. The van der Waals surface area contributed by atoms with E-state index in [1.165, 1.54) is 0 Å². The van der Waals surface area contributed by atoms with Gasteiger partial charge in [-0.25, -0.2) is 4.98 Å². The van der Waals surface area contributed by atoms with Gasteiger partial charge in [-0.15, -0.1) is 0 Å². The van der Waals surface area contributed by atoms with E-state index in [-0.39, 0.29) is 17.2 Å². The molecule has 0 spiro atoms. The second kappa shape index (κ2) is 3.90. The SMILES string of the molecule is CCN1c2nc(Cl)ncc2N(C)C(=O)[C@H]1C. The Morgan fingerprint density at radius 1 is 1.56 bits per heavy atom. The Balaban J connectivity index is 2.58. The normalized spacial score (nSPS) is 20.0. The molecule has 2 heterocycles. The predicted molar refractivity (Wildman–Crippen MR) is 62.9 cm³/mol. The summed E-state index contributed by atoms with van der Waals surface area (Å²) in [6.07, 6.45) is 1.58. The number of carbonyl (C=O) groups is 1. The van der Waals surface area contributed by atoms with Gasteiger partial charge in [0.2, 0.25) is 11.2 Å². The van der Waals surface area contributed by atoms with E-state index in [1.54, 1.807) is 18.1 Å². The highest BCUT2D eigenvalue weighted by atomic mass is 35.5. The zero-order valence-corrected chi connectivity index (χ0v) is 10.2. The summed E-state index contributed by atoms with van der Waals surface area (Å²) in [6.45, 7) is 4.55. The number of nitrogens with zero attached hydrogens (tertiary/aromatic N) is 4. The number of anilines is 2. The summed E-state index contributed by atoms with van der Waals surface area (Å²) in [5, 5.41) is 0.201. The van der Waals surface area contributed by atoms with Crippen molar-refractivity contribution in [1.29, 1.82) is 0 Å². The molecule has 1 atom stereocenters. The summed E-state index contributed by atoms with van der Waals surface area (Å²) in [5.74, 6) is 0.761. The van der Waals surface area contributed by atoms with Crippen molar-refractivity contribution in [3.8, 4) is 0 Å². The minimum atomic E-state index is -0.214. The van der Waals surface area contributed by atoms with Crippen molar-refractivity contribution in [2.45, 2.75) is 19.9 Å². The van der Waals surface area contributed by atoms with Gasteiger partial charge in [-0.1, -0.05) is 0 Å². The Labute approximate surface area is 99.0 Å². The average Bonchev–Trinajstić information content (AvgIpc) is 2.27. The lowest BCUT2D eigenvalue weighted by Gasteiger charge is -2.38. The Hall–Kier alpha value is -1.36. The number of hydrogen-bond acceptors (Lipinski definition) is 4. The van der Waals surface area contributed by atoms with Gasteiger partial charge in [0.05, 0.1) is 6.20 Å². The Kier molecular flexibility index (Phi) is 2.71. The van der Waals surface area contributed by atoms with E-state index < -0.39 is 0 Å². The molecule has 0 radical (unpaired) electrons. The van der Waals surface area contributed by atoms with Crippen LogP contribution in [0.5, 0.6) is 0 Å². The van der Waals surface area contributed by atoms with Crippen molar-refractivity contribution < 1.29 is 4.79 Å². The molecule has 0 bridgehead atoms. The third-order valence-electron chi connectivity index (χ3n) is 2.85. The number of carbonyl (C=O) groups excluding carboxylic acids is 1. The van der Waals surface area contributed by atoms with Gasteiger partial charge < -0.3 is 9.80 Å². The molecule has 1 aromatic rings. The van der Waals surface area contributed by atoms with Gasteiger partial charge in [0, 0.05) is 13.6 Å². The maximum Gasteiger partial charge on any atom is 0.249 e. The largest absolute Gasteiger partial charge is 0.343 e. The molecule has 16 heavy (non-hydrogen) atoms. The lowest BCUT2D eigenvalue weighted by molar-refractivity contribution is -0.119. The molecular formula is C10H13ClN4O. The van der Waals surface area contributed by atoms with Crippen molar-refractivity contribution >= 4 is 29.0 Å². The van der Waals surface area contributed by atoms with E-state index in [9.17, 15) is 4.79 Å². The number of halogens is 1. The van der Waals surface area contributed by atoms with Crippen molar-refractivity contribution in [2.24, 2.45) is 0 Å². The molecular weight excluding hydrogens is 228 g/mol. The number of fused-ring (bicyclic) bond motifs is 1. The summed E-state index contributed by atoms with van der Waals surface area (Å²) in [6, 6.07) is -0.214. The monoisotopic (exact) mass is 240 g/mol. The molecule has 1 aliphatic rings. The zero-order valence-electron chi connectivity index (χ0n) is 9.44. The Bertz CT molecular complexity index is 437. The molecule has 0 N–H and O–H groups in total. The third kappa shape index (κ3) is 1.51. The minimum Gasteiger partial charge on any atom is -0.343 e. The van der Waals surface area contributed by atoms with E-state index in [1.807, 2.05) is 18.7 Å². The quantitative estimate of drug-likeness (QED) is 0.695. The zero-order chi connectivity index (χ0) is 11.9. The van der Waals surface area contributed by atoms with Crippen LogP contribution in [0.1, 0.15) is 13.8 Å². The van der Waals surface area contributed by atoms with Crippen molar-refractivity contribution in [3.05, 3.63) is 11.5 Å². The molecule has 0 saturated heterocycles. The molecule has 0 saturated carbocycles. The third-order valence-corrected chi connectivity index (χ3v) is 3.03. The molecule has 86 valence electrons. The fourth-order valence-electron chi connectivity index (χ4n) is 1.93. The van der Waals surface area contributed by atoms with Crippen LogP contribution in [0.25, 0.3) is 0 Å². The van der Waals surface area contributed by atoms with Crippen LogP contribution >= 0.6 is 11.6 Å². The average molecular weight is 241 g/mol. The summed E-state index contributed by atoms with van der Waals surface area (Å²) in [7, 11) is 1.72. The fraction of sp³-hybridized carbons (Fsp3) is 0.500. The topological polar surface area (TPSA) is 49.3 Å². The summed E-state index contributed by atoms with van der Waals surface area (Å²) >= 11 is 5.78. The minimum absolute atomic E-state index is 0.0419. The van der Waals surface area contributed by atoms with Gasteiger partial charge in [0.25, 0.3) is 0 Å². The number of hydrogen-bond donors (Lipinski definition) is 0. The highest BCUT2D eigenvalue weighted by molar-refractivity contribution is 6.28. The second-order valence-corrected chi connectivity index (χ2v) is 4.05. The highest BCUT2D eigenvalue weighted by Gasteiger charge is 2.34. The van der Waals surface area contributed by atoms with Gasteiger partial charge in [-0.05, 0) is 25.4 Å². The van der Waals surface area contributed by atoms with Crippen molar-refractivity contribution in [1.82, 2.24) is 9.97 Å². The van der Waals surface area contributed by atoms with Crippen LogP contribution in [0.4, 0.5) is 11.5 Å². The maximum atomic E-state index is 11.9. The number of likely N-dealkylation sites (N-methyl/N-ethyl adjacent to an activating group) is 2. The highest BCUT2D eigenvalue weighted by Crippen LogP contribution is 2.33. The maximum absolute atomic E-state index is 11.9. The van der Waals surface area contributed by atoms with Crippen LogP contribution in [0.2, 0.25) is 5.28 Å². The van der Waals surface area contributed by atoms with Crippen LogP contribution in [-0.2, 0) is 4.79 Å². The van der Waals surface area contributed by atoms with Gasteiger partial charge in [-0.2, -0.15) is 4.98 Å². The molecule has 2 rings (SSSR count). The molecule has 6 heteroatoms. The molecule has 0 unspecified atom stereocenters. The molecule has 5 nitrogen and oxygen atoms in total. The second-order valence-electron chi connectivity index (χ2n) is 3.71. The first-order chi connectivity index (χ1) is 7.56. The van der Waals surface area contributed by atoms with Gasteiger partial charge >= 0.3 is 0 Å². The lowest BCUT2D eigenvalue weighted by atomic mass is 10.1. The van der Waals surface area contributed by atoms with Crippen molar-refractivity contribution in [3.63, 3.8) is 0 Å². The van der Waals surface area contributed by atoms with Crippen LogP contribution in [0, 0.1) is 0 Å². The van der Waals surface area contributed by atoms with Crippen LogP contribution in [-0.4, -0.2) is 35.5 Å². The van der Waals surface area contributed by atoms with Crippen LogP contribution in [0.3, 0.4) is 0 Å². The smallest absolute Gasteiger partial charge is 0.249 e. The Morgan fingerprint density at radius 3 is 2.88 bits per heavy atom. The van der Waals surface area contributed by atoms with E-state index in [4.69, 9.17) is 11.6 Å². The summed E-state index contributed by atoms with van der Waals surface area (Å²) in [5.41, 5.74) is 0.703. The first-order valence-corrected chi connectivity index (χ1v) is 5.50. The molecule has 1 aliphatic heterocycles. The number of amides is 1. The molecule has 1 aromatic heterocycles. The predicted octanol–water partition coefficient (Wildman–Crippen LogP) is 1.32. The van der Waals surface area contributed by atoms with E-state index in [0.717, 1.165) is 5.82 Å². The van der Waals surface area contributed by atoms with Gasteiger partial charge in [-0.3, -0.25) is 4.79 Å². The van der Waals surface area contributed by atoms with Gasteiger partial charge in [0.15, 0.2) is 5.82 Å². The molecule has 0 aliphatic carbocycles. The first-order valence-electron chi connectivity index (χ1n) is 5.13. The Morgan fingerprint density at radius 2 is 2.25 bits per heavy atom.